The van der Waals surface area contributed by atoms with Gasteiger partial charge in [-0.15, -0.1) is 0 Å². The Morgan fingerprint density at radius 3 is 2.94 bits per heavy atom. The van der Waals surface area contributed by atoms with Crippen LogP contribution in [0.5, 0.6) is 0 Å². The molecule has 1 aromatic rings. The van der Waals surface area contributed by atoms with Crippen LogP contribution in [-0.2, 0) is 6.54 Å². The van der Waals surface area contributed by atoms with Crippen LogP contribution >= 0.6 is 0 Å². The minimum atomic E-state index is -0.156. The first kappa shape index (κ1) is 11.0. The second kappa shape index (κ2) is 4.55. The number of nitrogens with zero attached hydrogens (tertiary/aromatic N) is 2. The number of aromatic nitrogens is 2. The van der Waals surface area contributed by atoms with E-state index in [1.165, 1.54) is 19.3 Å². The average Bonchev–Trinajstić information content (AvgIpc) is 2.57. The summed E-state index contributed by atoms with van der Waals surface area (Å²) in [5.74, 6) is 0.495. The normalized spacial score (nSPS) is 15.8. The maximum Gasteiger partial charge on any atom is 0.273 e. The summed E-state index contributed by atoms with van der Waals surface area (Å²) >= 11 is 0. The van der Waals surface area contributed by atoms with E-state index in [1.54, 1.807) is 10.9 Å². The van der Waals surface area contributed by atoms with Crippen LogP contribution in [0.2, 0.25) is 0 Å². The van der Waals surface area contributed by atoms with Crippen LogP contribution in [0, 0.1) is 5.92 Å². The molecule has 16 heavy (non-hydrogen) atoms. The first-order valence-electron chi connectivity index (χ1n) is 5.81. The number of amides is 1. The second-order valence-electron chi connectivity index (χ2n) is 4.30. The molecule has 0 aliphatic heterocycles. The van der Waals surface area contributed by atoms with Crippen molar-refractivity contribution in [1.82, 2.24) is 15.1 Å². The average molecular weight is 222 g/mol. The van der Waals surface area contributed by atoms with Crippen molar-refractivity contribution in [3.63, 3.8) is 0 Å². The van der Waals surface area contributed by atoms with Gasteiger partial charge in [-0.25, -0.2) is 0 Å². The number of carbonyl (C=O) groups is 1. The molecular formula is C11H18N4O. The summed E-state index contributed by atoms with van der Waals surface area (Å²) in [6, 6.07) is 0. The van der Waals surface area contributed by atoms with Crippen LogP contribution in [0.3, 0.4) is 0 Å². The zero-order valence-electron chi connectivity index (χ0n) is 9.57. The fraction of sp³-hybridized carbons (Fsp3) is 0.636. The third kappa shape index (κ3) is 2.18. The van der Waals surface area contributed by atoms with Gasteiger partial charge in [0.2, 0.25) is 0 Å². The van der Waals surface area contributed by atoms with E-state index in [-0.39, 0.29) is 5.91 Å². The molecule has 0 aromatic carbocycles. The summed E-state index contributed by atoms with van der Waals surface area (Å²) in [6.45, 7) is 3.43. The molecule has 0 spiro atoms. The fourth-order valence-corrected chi connectivity index (χ4v) is 1.79. The molecule has 1 amide bonds. The third-order valence-electron chi connectivity index (χ3n) is 3.11. The summed E-state index contributed by atoms with van der Waals surface area (Å²) in [4.78, 5) is 11.8. The minimum absolute atomic E-state index is 0.156. The van der Waals surface area contributed by atoms with Crippen molar-refractivity contribution in [2.75, 3.05) is 12.3 Å². The number of nitrogen functional groups attached to an aromatic ring is 1. The van der Waals surface area contributed by atoms with Crippen LogP contribution in [0.25, 0.3) is 0 Å². The number of carbonyl (C=O) groups excluding carboxylic acids is 1. The Morgan fingerprint density at radius 1 is 1.69 bits per heavy atom. The van der Waals surface area contributed by atoms with Crippen LogP contribution < -0.4 is 11.1 Å². The molecule has 1 saturated carbocycles. The van der Waals surface area contributed by atoms with Crippen LogP contribution in [0.1, 0.15) is 36.7 Å². The van der Waals surface area contributed by atoms with E-state index in [4.69, 9.17) is 5.73 Å². The summed E-state index contributed by atoms with van der Waals surface area (Å²) in [7, 11) is 0. The van der Waals surface area contributed by atoms with Crippen molar-refractivity contribution >= 4 is 11.6 Å². The zero-order chi connectivity index (χ0) is 11.5. The lowest BCUT2D eigenvalue weighted by Crippen LogP contribution is -2.32. The quantitative estimate of drug-likeness (QED) is 0.798. The highest BCUT2D eigenvalue weighted by atomic mass is 16.2. The van der Waals surface area contributed by atoms with E-state index >= 15 is 0 Å². The van der Waals surface area contributed by atoms with Crippen molar-refractivity contribution in [2.45, 2.75) is 32.7 Å². The maximum absolute atomic E-state index is 11.8. The standard InChI is InChI=1S/C11H18N4O/c1-2-15-7-9(12)10(14-15)11(16)13-6-8-4-3-5-8/h7-8H,2-6,12H2,1H3,(H,13,16). The topological polar surface area (TPSA) is 72.9 Å². The second-order valence-corrected chi connectivity index (χ2v) is 4.30. The number of hydrogen-bond donors (Lipinski definition) is 2. The highest BCUT2D eigenvalue weighted by Crippen LogP contribution is 2.25. The van der Waals surface area contributed by atoms with E-state index < -0.39 is 0 Å². The molecule has 3 N–H and O–H groups in total. The predicted octanol–water partition coefficient (Wildman–Crippen LogP) is 1.02. The monoisotopic (exact) mass is 222 g/mol. The highest BCUT2D eigenvalue weighted by Gasteiger charge is 2.20. The van der Waals surface area contributed by atoms with Crippen molar-refractivity contribution in [1.29, 1.82) is 0 Å². The van der Waals surface area contributed by atoms with E-state index in [2.05, 4.69) is 10.4 Å². The lowest BCUT2D eigenvalue weighted by atomic mass is 9.85. The van der Waals surface area contributed by atoms with Crippen LogP contribution in [0.4, 0.5) is 5.69 Å². The smallest absolute Gasteiger partial charge is 0.273 e. The maximum atomic E-state index is 11.8. The zero-order valence-corrected chi connectivity index (χ0v) is 9.57. The molecule has 5 nitrogen and oxygen atoms in total. The Labute approximate surface area is 95.0 Å². The van der Waals surface area contributed by atoms with Crippen molar-refractivity contribution < 1.29 is 4.79 Å². The molecule has 1 heterocycles. The summed E-state index contributed by atoms with van der Waals surface area (Å²) in [6.07, 6.45) is 5.42. The molecule has 1 aliphatic carbocycles. The molecule has 5 heteroatoms. The largest absolute Gasteiger partial charge is 0.396 e. The molecule has 0 saturated heterocycles. The lowest BCUT2D eigenvalue weighted by molar-refractivity contribution is 0.0934. The molecule has 0 radical (unpaired) electrons. The van der Waals surface area contributed by atoms with Gasteiger partial charge in [-0.1, -0.05) is 6.42 Å². The number of anilines is 1. The van der Waals surface area contributed by atoms with Gasteiger partial charge >= 0.3 is 0 Å². The summed E-state index contributed by atoms with van der Waals surface area (Å²) in [5.41, 5.74) is 6.53. The van der Waals surface area contributed by atoms with E-state index in [0.29, 0.717) is 17.3 Å². The van der Waals surface area contributed by atoms with Crippen molar-refractivity contribution in [2.24, 2.45) is 5.92 Å². The Morgan fingerprint density at radius 2 is 2.44 bits per heavy atom. The SMILES string of the molecule is CCn1cc(N)c(C(=O)NCC2CCC2)n1. The molecule has 0 unspecified atom stereocenters. The van der Waals surface area contributed by atoms with Gasteiger partial charge in [0, 0.05) is 19.3 Å². The number of hydrogen-bond acceptors (Lipinski definition) is 3. The van der Waals surface area contributed by atoms with Crippen LogP contribution in [0.15, 0.2) is 6.20 Å². The van der Waals surface area contributed by atoms with E-state index in [1.807, 2.05) is 6.92 Å². The van der Waals surface area contributed by atoms with Gasteiger partial charge in [0.15, 0.2) is 5.69 Å². The number of nitrogens with two attached hydrogens (primary N) is 1. The Balaban J connectivity index is 1.93. The summed E-state index contributed by atoms with van der Waals surface area (Å²) < 4.78 is 1.67. The Bertz CT molecular complexity index is 381. The molecular weight excluding hydrogens is 204 g/mol. The van der Waals surface area contributed by atoms with Crippen LogP contribution in [-0.4, -0.2) is 22.2 Å². The number of rotatable bonds is 4. The molecule has 88 valence electrons. The first-order valence-corrected chi connectivity index (χ1v) is 5.81. The van der Waals surface area contributed by atoms with Gasteiger partial charge in [0.05, 0.1) is 5.69 Å². The van der Waals surface area contributed by atoms with Crippen molar-refractivity contribution in [3.8, 4) is 0 Å². The van der Waals surface area contributed by atoms with Gasteiger partial charge in [0.25, 0.3) is 5.91 Å². The van der Waals surface area contributed by atoms with E-state index in [9.17, 15) is 4.79 Å². The molecule has 0 atom stereocenters. The first-order chi connectivity index (χ1) is 7.70. The fourth-order valence-electron chi connectivity index (χ4n) is 1.79. The molecule has 2 rings (SSSR count). The van der Waals surface area contributed by atoms with Gasteiger partial charge in [0.1, 0.15) is 0 Å². The Kier molecular flexibility index (Phi) is 3.12. The number of nitrogens with one attached hydrogen (secondary N) is 1. The lowest BCUT2D eigenvalue weighted by Gasteiger charge is -2.25. The van der Waals surface area contributed by atoms with Gasteiger partial charge in [-0.2, -0.15) is 5.10 Å². The Hall–Kier alpha value is -1.52. The van der Waals surface area contributed by atoms with Gasteiger partial charge < -0.3 is 11.1 Å². The van der Waals surface area contributed by atoms with E-state index in [0.717, 1.165) is 13.1 Å². The molecule has 1 aromatic heterocycles. The van der Waals surface area contributed by atoms with Gasteiger partial charge in [-0.05, 0) is 25.7 Å². The molecule has 0 bridgehead atoms. The van der Waals surface area contributed by atoms with Gasteiger partial charge in [-0.3, -0.25) is 9.48 Å². The minimum Gasteiger partial charge on any atom is -0.396 e. The predicted molar refractivity (Wildman–Crippen MR) is 62.0 cm³/mol. The summed E-state index contributed by atoms with van der Waals surface area (Å²) in [5, 5.41) is 7.01. The molecule has 1 aliphatic rings. The highest BCUT2D eigenvalue weighted by molar-refractivity contribution is 5.96. The molecule has 1 fully saturated rings. The third-order valence-corrected chi connectivity index (χ3v) is 3.11. The van der Waals surface area contributed by atoms with Crippen molar-refractivity contribution in [3.05, 3.63) is 11.9 Å². The number of aryl methyl sites for hydroxylation is 1.